The van der Waals surface area contributed by atoms with Crippen LogP contribution in [0.5, 0.6) is 0 Å². The number of rotatable bonds is 3. The van der Waals surface area contributed by atoms with Crippen molar-refractivity contribution < 1.29 is 4.79 Å². The third-order valence-corrected chi connectivity index (χ3v) is 2.31. The Kier molecular flexibility index (Phi) is 4.24. The lowest BCUT2D eigenvalue weighted by atomic mass is 10.4. The number of aromatic nitrogens is 1. The Hall–Kier alpha value is -0.550. The molecule has 0 spiro atoms. The number of pyridine rings is 1. The lowest BCUT2D eigenvalue weighted by Crippen LogP contribution is -2.14. The average Bonchev–Trinajstić information content (AvgIpc) is 2.04. The summed E-state index contributed by atoms with van der Waals surface area (Å²) in [5.74, 6) is 1.00. The summed E-state index contributed by atoms with van der Waals surface area (Å²) in [5.41, 5.74) is 0. The van der Waals surface area contributed by atoms with Crippen LogP contribution in [0.4, 0.5) is 5.82 Å². The summed E-state index contributed by atoms with van der Waals surface area (Å²) in [6.45, 7) is 0. The van der Waals surface area contributed by atoms with Gasteiger partial charge in [-0.3, -0.25) is 4.79 Å². The van der Waals surface area contributed by atoms with E-state index in [0.29, 0.717) is 11.6 Å². The van der Waals surface area contributed by atoms with E-state index >= 15 is 0 Å². The highest BCUT2D eigenvalue weighted by molar-refractivity contribution is 9.10. The number of hydrogen-bond donors (Lipinski definition) is 1. The largest absolute Gasteiger partial charge is 0.310 e. The minimum Gasteiger partial charge on any atom is -0.310 e. The third-order valence-electron chi connectivity index (χ3n) is 1.26. The van der Waals surface area contributed by atoms with E-state index in [9.17, 15) is 4.79 Å². The number of halogens is 1. The van der Waals surface area contributed by atoms with E-state index in [1.807, 2.05) is 12.3 Å². The van der Waals surface area contributed by atoms with Gasteiger partial charge in [-0.1, -0.05) is 15.9 Å². The van der Waals surface area contributed by atoms with E-state index < -0.39 is 0 Å². The summed E-state index contributed by atoms with van der Waals surface area (Å²) in [7, 11) is 0. The molecule has 0 fully saturated rings. The van der Waals surface area contributed by atoms with Crippen LogP contribution in [0.2, 0.25) is 0 Å². The number of carbonyl (C=O) groups is 1. The third kappa shape index (κ3) is 3.78. The van der Waals surface area contributed by atoms with E-state index in [2.05, 4.69) is 26.2 Å². The molecule has 1 aromatic heterocycles. The summed E-state index contributed by atoms with van der Waals surface area (Å²) < 4.78 is 0.905. The predicted molar refractivity (Wildman–Crippen MR) is 58.9 cm³/mol. The lowest BCUT2D eigenvalue weighted by molar-refractivity contribution is -0.113. The number of carbonyl (C=O) groups excluding carboxylic acids is 1. The van der Waals surface area contributed by atoms with E-state index in [1.54, 1.807) is 12.3 Å². The molecule has 3 nitrogen and oxygen atoms in total. The number of hydrogen-bond acceptors (Lipinski definition) is 3. The van der Waals surface area contributed by atoms with E-state index in [0.717, 1.165) is 4.47 Å². The topological polar surface area (TPSA) is 42.0 Å². The summed E-state index contributed by atoms with van der Waals surface area (Å²) in [4.78, 5) is 15.1. The van der Waals surface area contributed by atoms with Crippen molar-refractivity contribution in [2.24, 2.45) is 0 Å². The van der Waals surface area contributed by atoms with Gasteiger partial charge in [0.05, 0.1) is 5.75 Å². The molecule has 0 radical (unpaired) electrons. The second-order valence-electron chi connectivity index (χ2n) is 2.34. The van der Waals surface area contributed by atoms with Crippen molar-refractivity contribution in [1.29, 1.82) is 0 Å². The van der Waals surface area contributed by atoms with Gasteiger partial charge in [0.1, 0.15) is 5.82 Å². The zero-order valence-corrected chi connectivity index (χ0v) is 9.48. The van der Waals surface area contributed by atoms with E-state index in [-0.39, 0.29) is 5.91 Å². The summed E-state index contributed by atoms with van der Waals surface area (Å²) in [6, 6.07) is 3.57. The number of nitrogens with zero attached hydrogens (tertiary/aromatic N) is 1. The minimum atomic E-state index is -0.0295. The Morgan fingerprint density at radius 2 is 2.54 bits per heavy atom. The Bertz CT molecular complexity index is 306. The highest BCUT2D eigenvalue weighted by Crippen LogP contribution is 2.12. The zero-order valence-electron chi connectivity index (χ0n) is 7.08. The molecule has 13 heavy (non-hydrogen) atoms. The van der Waals surface area contributed by atoms with Gasteiger partial charge in [-0.05, 0) is 18.4 Å². The second-order valence-corrected chi connectivity index (χ2v) is 4.12. The van der Waals surface area contributed by atoms with E-state index in [1.165, 1.54) is 11.8 Å². The Morgan fingerprint density at radius 3 is 3.15 bits per heavy atom. The highest BCUT2D eigenvalue weighted by Gasteiger charge is 2.01. The summed E-state index contributed by atoms with van der Waals surface area (Å²) >= 11 is 4.78. The van der Waals surface area contributed by atoms with Crippen molar-refractivity contribution >= 4 is 39.4 Å². The van der Waals surface area contributed by atoms with Crippen LogP contribution in [-0.4, -0.2) is 22.9 Å². The van der Waals surface area contributed by atoms with Gasteiger partial charge in [-0.15, -0.1) is 0 Å². The number of anilines is 1. The molecule has 0 aromatic carbocycles. The highest BCUT2D eigenvalue weighted by atomic mass is 79.9. The maximum Gasteiger partial charge on any atom is 0.235 e. The fourth-order valence-corrected chi connectivity index (χ4v) is 1.45. The summed E-state index contributed by atoms with van der Waals surface area (Å²) in [5, 5.41) is 2.68. The molecule has 1 heterocycles. The molecule has 1 aromatic rings. The normalized spacial score (nSPS) is 9.69. The first-order valence-corrected chi connectivity index (χ1v) is 5.81. The van der Waals surface area contributed by atoms with Crippen LogP contribution in [0.3, 0.4) is 0 Å². The van der Waals surface area contributed by atoms with Crippen molar-refractivity contribution in [2.45, 2.75) is 0 Å². The fraction of sp³-hybridized carbons (Fsp3) is 0.250. The van der Waals surface area contributed by atoms with Gasteiger partial charge < -0.3 is 5.32 Å². The molecular formula is C8H9BrN2OS. The first-order chi connectivity index (χ1) is 6.22. The molecule has 0 saturated carbocycles. The lowest BCUT2D eigenvalue weighted by Gasteiger charge is -2.02. The van der Waals surface area contributed by atoms with Crippen LogP contribution in [0.25, 0.3) is 0 Å². The average molecular weight is 261 g/mol. The van der Waals surface area contributed by atoms with E-state index in [4.69, 9.17) is 0 Å². The maximum atomic E-state index is 11.1. The van der Waals surface area contributed by atoms with Gasteiger partial charge >= 0.3 is 0 Å². The molecule has 0 unspecified atom stereocenters. The molecule has 70 valence electrons. The molecule has 1 N–H and O–H groups in total. The van der Waals surface area contributed by atoms with Crippen LogP contribution >= 0.6 is 27.7 Å². The molecule has 0 saturated heterocycles. The second kappa shape index (κ2) is 5.24. The molecule has 0 aliphatic rings. The Labute approximate surface area is 89.4 Å². The first kappa shape index (κ1) is 10.5. The van der Waals surface area contributed by atoms with Crippen molar-refractivity contribution in [3.8, 4) is 0 Å². The van der Waals surface area contributed by atoms with Crippen LogP contribution in [0, 0.1) is 0 Å². The number of amides is 1. The molecular weight excluding hydrogens is 252 g/mol. The van der Waals surface area contributed by atoms with Gasteiger partial charge in [-0.2, -0.15) is 11.8 Å². The van der Waals surface area contributed by atoms with Gasteiger partial charge in [0.15, 0.2) is 0 Å². The zero-order chi connectivity index (χ0) is 9.68. The van der Waals surface area contributed by atoms with Gasteiger partial charge in [0.25, 0.3) is 0 Å². The standard InChI is InChI=1S/C8H9BrN2OS/c1-13-5-8(12)11-7-4-6(9)2-3-10-7/h2-4H,5H2,1H3,(H,10,11,12). The van der Waals surface area contributed by atoms with Crippen LogP contribution in [0.15, 0.2) is 22.8 Å². The van der Waals surface area contributed by atoms with Crippen molar-refractivity contribution in [1.82, 2.24) is 4.98 Å². The SMILES string of the molecule is CSCC(=O)Nc1cc(Br)ccn1. The molecule has 0 aliphatic heterocycles. The molecule has 0 bridgehead atoms. The minimum absolute atomic E-state index is 0.0295. The smallest absolute Gasteiger partial charge is 0.235 e. The number of thioether (sulfide) groups is 1. The Balaban J connectivity index is 2.58. The first-order valence-electron chi connectivity index (χ1n) is 3.62. The summed E-state index contributed by atoms with van der Waals surface area (Å²) in [6.07, 6.45) is 3.52. The van der Waals surface area contributed by atoms with Crippen LogP contribution in [-0.2, 0) is 4.79 Å². The Morgan fingerprint density at radius 1 is 1.77 bits per heavy atom. The fourth-order valence-electron chi connectivity index (χ4n) is 0.783. The molecule has 1 amide bonds. The van der Waals surface area contributed by atoms with Gasteiger partial charge in [0, 0.05) is 10.7 Å². The quantitative estimate of drug-likeness (QED) is 0.906. The molecule has 0 atom stereocenters. The monoisotopic (exact) mass is 260 g/mol. The number of nitrogens with one attached hydrogen (secondary N) is 1. The molecule has 1 rings (SSSR count). The van der Waals surface area contributed by atoms with Crippen molar-refractivity contribution in [3.05, 3.63) is 22.8 Å². The van der Waals surface area contributed by atoms with Crippen LogP contribution in [0.1, 0.15) is 0 Å². The van der Waals surface area contributed by atoms with Crippen LogP contribution < -0.4 is 5.32 Å². The van der Waals surface area contributed by atoms with Gasteiger partial charge in [-0.25, -0.2) is 4.98 Å². The maximum absolute atomic E-state index is 11.1. The van der Waals surface area contributed by atoms with Crippen molar-refractivity contribution in [2.75, 3.05) is 17.3 Å². The molecule has 5 heteroatoms. The van der Waals surface area contributed by atoms with Gasteiger partial charge in [0.2, 0.25) is 5.91 Å². The van der Waals surface area contributed by atoms with Crippen molar-refractivity contribution in [3.63, 3.8) is 0 Å². The predicted octanol–water partition coefficient (Wildman–Crippen LogP) is 2.15. The molecule has 0 aliphatic carbocycles.